The van der Waals surface area contributed by atoms with Gasteiger partial charge in [-0.1, -0.05) is 6.07 Å². The van der Waals surface area contributed by atoms with Crippen LogP contribution in [-0.2, 0) is 16.1 Å². The number of carbonyl (C=O) groups excluding carboxylic acids is 1. The van der Waals surface area contributed by atoms with E-state index in [1.807, 2.05) is 19.1 Å². The van der Waals surface area contributed by atoms with Crippen LogP contribution in [0.15, 0.2) is 18.3 Å². The van der Waals surface area contributed by atoms with Gasteiger partial charge in [-0.15, -0.1) is 0 Å². The first kappa shape index (κ1) is 12.2. The van der Waals surface area contributed by atoms with E-state index in [0.717, 1.165) is 11.3 Å². The van der Waals surface area contributed by atoms with Gasteiger partial charge in [-0.25, -0.2) is 0 Å². The van der Waals surface area contributed by atoms with Gasteiger partial charge in [0.25, 0.3) is 0 Å². The number of hydrogen-bond acceptors (Lipinski definition) is 3. The highest BCUT2D eigenvalue weighted by atomic mass is 16.4. The molecule has 0 aromatic carbocycles. The van der Waals surface area contributed by atoms with Crippen LogP contribution >= 0.6 is 0 Å². The van der Waals surface area contributed by atoms with Crippen molar-refractivity contribution in [2.75, 3.05) is 0 Å². The Kier molecular flexibility index (Phi) is 3.99. The van der Waals surface area contributed by atoms with Crippen molar-refractivity contribution >= 4 is 11.9 Å². The fourth-order valence-electron chi connectivity index (χ4n) is 1.06. The Labute approximate surface area is 93.5 Å². The van der Waals surface area contributed by atoms with E-state index < -0.39 is 17.8 Å². The third-order valence-electron chi connectivity index (χ3n) is 2.20. The van der Waals surface area contributed by atoms with E-state index in [1.54, 1.807) is 6.20 Å². The van der Waals surface area contributed by atoms with Gasteiger partial charge in [-0.2, -0.15) is 0 Å². The number of nitrogens with one attached hydrogen (secondary N) is 1. The van der Waals surface area contributed by atoms with Crippen molar-refractivity contribution in [3.05, 3.63) is 29.6 Å². The minimum absolute atomic E-state index is 0.295. The van der Waals surface area contributed by atoms with E-state index in [9.17, 15) is 9.59 Å². The topological polar surface area (TPSA) is 79.3 Å². The third-order valence-corrected chi connectivity index (χ3v) is 2.20. The number of pyridine rings is 1. The Morgan fingerprint density at radius 2 is 2.19 bits per heavy atom. The van der Waals surface area contributed by atoms with Gasteiger partial charge in [0.05, 0.1) is 0 Å². The van der Waals surface area contributed by atoms with Crippen molar-refractivity contribution < 1.29 is 14.7 Å². The van der Waals surface area contributed by atoms with Gasteiger partial charge >= 0.3 is 5.97 Å². The summed E-state index contributed by atoms with van der Waals surface area (Å²) in [7, 11) is 0. The zero-order chi connectivity index (χ0) is 12.1. The Balaban J connectivity index is 2.49. The van der Waals surface area contributed by atoms with E-state index in [1.165, 1.54) is 6.92 Å². The molecule has 5 nitrogen and oxygen atoms in total. The maximum absolute atomic E-state index is 11.3. The van der Waals surface area contributed by atoms with Crippen molar-refractivity contribution in [2.45, 2.75) is 20.4 Å². The number of aromatic nitrogens is 1. The molecule has 1 unspecified atom stereocenters. The first-order valence-electron chi connectivity index (χ1n) is 4.92. The summed E-state index contributed by atoms with van der Waals surface area (Å²) in [5.41, 5.74) is 1.74. The number of carboxylic acid groups (broad SMARTS) is 1. The number of carboxylic acids is 1. The second kappa shape index (κ2) is 5.25. The molecule has 16 heavy (non-hydrogen) atoms. The molecule has 86 valence electrons. The average Bonchev–Trinajstić information content (AvgIpc) is 2.26. The van der Waals surface area contributed by atoms with Crippen LogP contribution in [0.2, 0.25) is 0 Å². The number of rotatable bonds is 4. The van der Waals surface area contributed by atoms with Crippen molar-refractivity contribution in [1.82, 2.24) is 10.3 Å². The molecule has 0 aliphatic heterocycles. The standard InChI is InChI=1S/C11H14N2O3/c1-7-3-4-9(5-12-7)6-13-10(14)8(2)11(15)16/h3-5,8H,6H2,1-2H3,(H,13,14)(H,15,16). The summed E-state index contributed by atoms with van der Waals surface area (Å²) >= 11 is 0. The lowest BCUT2D eigenvalue weighted by molar-refractivity contribution is -0.146. The molecule has 1 aromatic rings. The summed E-state index contributed by atoms with van der Waals surface area (Å²) in [6, 6.07) is 3.68. The largest absolute Gasteiger partial charge is 0.481 e. The number of carbonyl (C=O) groups is 2. The first-order chi connectivity index (χ1) is 7.50. The zero-order valence-electron chi connectivity index (χ0n) is 9.23. The summed E-state index contributed by atoms with van der Waals surface area (Å²) in [5.74, 6) is -2.65. The lowest BCUT2D eigenvalue weighted by Gasteiger charge is -2.08. The molecule has 0 spiro atoms. The number of hydrogen-bond donors (Lipinski definition) is 2. The van der Waals surface area contributed by atoms with Crippen molar-refractivity contribution in [3.8, 4) is 0 Å². The molecule has 1 aromatic heterocycles. The van der Waals surface area contributed by atoms with E-state index in [4.69, 9.17) is 5.11 Å². The monoisotopic (exact) mass is 222 g/mol. The molecule has 0 aliphatic carbocycles. The molecule has 5 heteroatoms. The van der Waals surface area contributed by atoms with Crippen molar-refractivity contribution in [1.29, 1.82) is 0 Å². The molecule has 1 amide bonds. The van der Waals surface area contributed by atoms with Crippen LogP contribution in [-0.4, -0.2) is 22.0 Å². The van der Waals surface area contributed by atoms with Gasteiger partial charge in [0.15, 0.2) is 0 Å². The summed E-state index contributed by atoms with van der Waals surface area (Å²) in [6.45, 7) is 3.52. The minimum atomic E-state index is -1.13. The predicted octanol–water partition coefficient (Wildman–Crippen LogP) is 0.727. The highest BCUT2D eigenvalue weighted by molar-refractivity contribution is 5.96. The highest BCUT2D eigenvalue weighted by Gasteiger charge is 2.19. The quantitative estimate of drug-likeness (QED) is 0.736. The van der Waals surface area contributed by atoms with Crippen LogP contribution in [0.25, 0.3) is 0 Å². The van der Waals surface area contributed by atoms with Crippen LogP contribution in [0.3, 0.4) is 0 Å². The Morgan fingerprint density at radius 3 is 2.69 bits per heavy atom. The van der Waals surface area contributed by atoms with E-state index >= 15 is 0 Å². The summed E-state index contributed by atoms with van der Waals surface area (Å²) in [4.78, 5) is 25.9. The van der Waals surface area contributed by atoms with Crippen LogP contribution < -0.4 is 5.32 Å². The molecule has 0 fully saturated rings. The summed E-state index contributed by atoms with van der Waals surface area (Å²) in [5, 5.41) is 11.2. The normalized spacial score (nSPS) is 11.9. The maximum Gasteiger partial charge on any atom is 0.315 e. The van der Waals surface area contributed by atoms with E-state index in [0.29, 0.717) is 6.54 Å². The SMILES string of the molecule is Cc1ccc(CNC(=O)C(C)C(=O)O)cn1. The number of nitrogens with zero attached hydrogens (tertiary/aromatic N) is 1. The molecule has 1 rings (SSSR count). The molecule has 2 N–H and O–H groups in total. The average molecular weight is 222 g/mol. The molecule has 0 saturated carbocycles. The van der Waals surface area contributed by atoms with Crippen LogP contribution in [0.4, 0.5) is 0 Å². The second-order valence-corrected chi connectivity index (χ2v) is 3.59. The lowest BCUT2D eigenvalue weighted by atomic mass is 10.1. The molecular formula is C11H14N2O3. The molecule has 0 bridgehead atoms. The Morgan fingerprint density at radius 1 is 1.50 bits per heavy atom. The Hall–Kier alpha value is -1.91. The number of aryl methyl sites for hydroxylation is 1. The molecule has 0 saturated heterocycles. The fraction of sp³-hybridized carbons (Fsp3) is 0.364. The van der Waals surface area contributed by atoms with Crippen LogP contribution in [0, 0.1) is 12.8 Å². The lowest BCUT2D eigenvalue weighted by Crippen LogP contribution is -2.33. The molecule has 1 atom stereocenters. The highest BCUT2D eigenvalue weighted by Crippen LogP contribution is 2.00. The Bertz CT molecular complexity index is 387. The summed E-state index contributed by atoms with van der Waals surface area (Å²) < 4.78 is 0. The molecule has 1 heterocycles. The minimum Gasteiger partial charge on any atom is -0.481 e. The van der Waals surface area contributed by atoms with Gasteiger partial charge in [0.1, 0.15) is 5.92 Å². The van der Waals surface area contributed by atoms with Gasteiger partial charge < -0.3 is 10.4 Å². The first-order valence-corrected chi connectivity index (χ1v) is 4.92. The smallest absolute Gasteiger partial charge is 0.315 e. The zero-order valence-corrected chi connectivity index (χ0v) is 9.23. The van der Waals surface area contributed by atoms with Gasteiger partial charge in [0, 0.05) is 18.4 Å². The summed E-state index contributed by atoms with van der Waals surface area (Å²) in [6.07, 6.45) is 1.65. The molecular weight excluding hydrogens is 208 g/mol. The van der Waals surface area contributed by atoms with Gasteiger partial charge in [-0.3, -0.25) is 14.6 Å². The fourth-order valence-corrected chi connectivity index (χ4v) is 1.06. The molecule has 0 radical (unpaired) electrons. The van der Waals surface area contributed by atoms with E-state index in [-0.39, 0.29) is 0 Å². The van der Waals surface area contributed by atoms with Crippen molar-refractivity contribution in [2.24, 2.45) is 5.92 Å². The van der Waals surface area contributed by atoms with Gasteiger partial charge in [-0.05, 0) is 25.5 Å². The molecule has 0 aliphatic rings. The predicted molar refractivity (Wildman–Crippen MR) is 57.6 cm³/mol. The van der Waals surface area contributed by atoms with E-state index in [2.05, 4.69) is 10.3 Å². The van der Waals surface area contributed by atoms with Gasteiger partial charge in [0.2, 0.25) is 5.91 Å². The second-order valence-electron chi connectivity index (χ2n) is 3.59. The van der Waals surface area contributed by atoms with Crippen LogP contribution in [0.5, 0.6) is 0 Å². The number of amides is 1. The number of aliphatic carboxylic acids is 1. The van der Waals surface area contributed by atoms with Crippen molar-refractivity contribution in [3.63, 3.8) is 0 Å². The maximum atomic E-state index is 11.3. The third kappa shape index (κ3) is 3.34. The van der Waals surface area contributed by atoms with Crippen LogP contribution in [0.1, 0.15) is 18.2 Å².